The summed E-state index contributed by atoms with van der Waals surface area (Å²) in [5.41, 5.74) is 2.54. The molecule has 0 aromatic carbocycles. The van der Waals surface area contributed by atoms with Gasteiger partial charge in [-0.1, -0.05) is 65.3 Å². The van der Waals surface area contributed by atoms with Crippen LogP contribution in [0.15, 0.2) is 23.8 Å². The number of aliphatic hydroxyl groups excluding tert-OH is 1. The molecule has 170 valence electrons. The van der Waals surface area contributed by atoms with Crippen LogP contribution in [0.25, 0.3) is 0 Å². The highest BCUT2D eigenvalue weighted by molar-refractivity contribution is 5.23. The summed E-state index contributed by atoms with van der Waals surface area (Å²) in [5.74, 6) is 4.52. The molecule has 4 rings (SSSR count). The molecule has 0 heterocycles. The predicted molar refractivity (Wildman–Crippen MR) is 128 cm³/mol. The molecule has 0 aromatic heterocycles. The summed E-state index contributed by atoms with van der Waals surface area (Å²) in [5, 5.41) is 10.7. The third kappa shape index (κ3) is 3.37. The summed E-state index contributed by atoms with van der Waals surface area (Å²) >= 11 is 0. The maximum Gasteiger partial charge on any atom is 0.0597 e. The molecule has 3 fully saturated rings. The largest absolute Gasteiger partial charge is 0.393 e. The van der Waals surface area contributed by atoms with Crippen LogP contribution in [-0.4, -0.2) is 11.2 Å². The highest BCUT2D eigenvalue weighted by Gasteiger charge is 2.61. The Bertz CT molecular complexity index is 699. The zero-order chi connectivity index (χ0) is 21.9. The molecule has 30 heavy (non-hydrogen) atoms. The maximum absolute atomic E-state index is 10.7. The summed E-state index contributed by atoms with van der Waals surface area (Å²) in [4.78, 5) is 0. The Morgan fingerprint density at radius 2 is 1.63 bits per heavy atom. The molecule has 3 saturated carbocycles. The zero-order valence-electron chi connectivity index (χ0n) is 20.9. The van der Waals surface area contributed by atoms with Gasteiger partial charge in [0.15, 0.2) is 0 Å². The standard InChI is InChI=1S/C29H48O/c1-19(2)9-8-10-20(3)22-12-13-23-21-11-14-25-27(4,5)26(30)16-18-29(25,7)24(21)15-17-28(22,23)6/h10-11,14,19,21-26,30H,8-9,12-13,15-18H2,1-7H3/t21-,22+,23-,24-,25-,26-,28+,29+/m0/s1. The van der Waals surface area contributed by atoms with Crippen LogP contribution < -0.4 is 0 Å². The van der Waals surface area contributed by atoms with Gasteiger partial charge in [-0.25, -0.2) is 0 Å². The van der Waals surface area contributed by atoms with E-state index in [4.69, 9.17) is 0 Å². The van der Waals surface area contributed by atoms with Gasteiger partial charge in [-0.3, -0.25) is 0 Å². The molecule has 1 nitrogen and oxygen atoms in total. The van der Waals surface area contributed by atoms with E-state index in [-0.39, 0.29) is 11.5 Å². The Kier molecular flexibility index (Phi) is 5.87. The van der Waals surface area contributed by atoms with E-state index in [9.17, 15) is 5.11 Å². The Balaban J connectivity index is 1.58. The van der Waals surface area contributed by atoms with Crippen molar-refractivity contribution in [2.75, 3.05) is 0 Å². The van der Waals surface area contributed by atoms with Crippen molar-refractivity contribution in [3.63, 3.8) is 0 Å². The van der Waals surface area contributed by atoms with E-state index in [2.05, 4.69) is 66.7 Å². The van der Waals surface area contributed by atoms with Crippen LogP contribution in [-0.2, 0) is 0 Å². The van der Waals surface area contributed by atoms with Gasteiger partial charge in [0, 0.05) is 0 Å². The summed E-state index contributed by atoms with van der Waals surface area (Å²) in [6, 6.07) is 0. The molecule has 0 saturated heterocycles. The average molecular weight is 413 g/mol. The lowest BCUT2D eigenvalue weighted by atomic mass is 9.43. The van der Waals surface area contributed by atoms with Crippen molar-refractivity contribution in [3.8, 4) is 0 Å². The van der Waals surface area contributed by atoms with Gasteiger partial charge in [0.05, 0.1) is 6.10 Å². The molecule has 0 aromatic rings. The minimum atomic E-state index is -0.153. The van der Waals surface area contributed by atoms with Crippen LogP contribution in [0.4, 0.5) is 0 Å². The predicted octanol–water partition coefficient (Wildman–Crippen LogP) is 7.80. The van der Waals surface area contributed by atoms with E-state index in [1.54, 1.807) is 5.57 Å². The molecule has 0 radical (unpaired) electrons. The lowest BCUT2D eigenvalue weighted by molar-refractivity contribution is -0.132. The monoisotopic (exact) mass is 412 g/mol. The molecule has 1 N–H and O–H groups in total. The van der Waals surface area contributed by atoms with Crippen LogP contribution in [0.1, 0.15) is 99.8 Å². The molecule has 0 aliphatic heterocycles. The van der Waals surface area contributed by atoms with Crippen molar-refractivity contribution in [1.82, 2.24) is 0 Å². The number of allylic oxidation sites excluding steroid dienone is 4. The van der Waals surface area contributed by atoms with Gasteiger partial charge in [0.25, 0.3) is 0 Å². The first kappa shape index (κ1) is 22.6. The second-order valence-corrected chi connectivity index (χ2v) is 13.1. The molecule has 0 spiro atoms. The molecular formula is C29H48O. The third-order valence-electron chi connectivity index (χ3n) is 10.8. The van der Waals surface area contributed by atoms with Crippen LogP contribution in [0.3, 0.4) is 0 Å². The second-order valence-electron chi connectivity index (χ2n) is 13.1. The highest BCUT2D eigenvalue weighted by Crippen LogP contribution is 2.68. The molecule has 0 bridgehead atoms. The Hall–Kier alpha value is -0.560. The van der Waals surface area contributed by atoms with Crippen LogP contribution in [0, 0.1) is 51.8 Å². The smallest absolute Gasteiger partial charge is 0.0597 e. The lowest BCUT2D eigenvalue weighted by Gasteiger charge is -2.62. The number of hydrogen-bond acceptors (Lipinski definition) is 1. The van der Waals surface area contributed by atoms with Gasteiger partial charge in [0.1, 0.15) is 0 Å². The normalized spacial score (nSPS) is 47.7. The van der Waals surface area contributed by atoms with Crippen LogP contribution in [0.5, 0.6) is 0 Å². The molecule has 8 atom stereocenters. The fourth-order valence-corrected chi connectivity index (χ4v) is 8.92. The minimum absolute atomic E-state index is 0.00315. The molecule has 0 amide bonds. The van der Waals surface area contributed by atoms with Crippen molar-refractivity contribution >= 4 is 0 Å². The second kappa shape index (κ2) is 7.79. The van der Waals surface area contributed by atoms with Gasteiger partial charge < -0.3 is 5.11 Å². The van der Waals surface area contributed by atoms with E-state index in [0.717, 1.165) is 36.0 Å². The Labute approximate surface area is 186 Å². The van der Waals surface area contributed by atoms with Gasteiger partial charge in [-0.05, 0) is 110 Å². The number of aliphatic hydroxyl groups is 1. The van der Waals surface area contributed by atoms with Gasteiger partial charge in [-0.15, -0.1) is 0 Å². The zero-order valence-corrected chi connectivity index (χ0v) is 20.9. The van der Waals surface area contributed by atoms with E-state index in [0.29, 0.717) is 16.7 Å². The molecular weight excluding hydrogens is 364 g/mol. The summed E-state index contributed by atoms with van der Waals surface area (Å²) < 4.78 is 0. The number of hydrogen-bond donors (Lipinski definition) is 1. The third-order valence-corrected chi connectivity index (χ3v) is 10.8. The van der Waals surface area contributed by atoms with E-state index < -0.39 is 0 Å². The van der Waals surface area contributed by atoms with Gasteiger partial charge in [-0.2, -0.15) is 0 Å². The summed E-state index contributed by atoms with van der Waals surface area (Å²) in [7, 11) is 0. The molecule has 4 aliphatic carbocycles. The first-order valence-corrected chi connectivity index (χ1v) is 13.0. The van der Waals surface area contributed by atoms with Crippen molar-refractivity contribution in [3.05, 3.63) is 23.8 Å². The van der Waals surface area contributed by atoms with Crippen LogP contribution in [0.2, 0.25) is 0 Å². The summed E-state index contributed by atoms with van der Waals surface area (Å²) in [6.07, 6.45) is 18.0. The average Bonchev–Trinajstić information content (AvgIpc) is 3.02. The van der Waals surface area contributed by atoms with Crippen molar-refractivity contribution in [1.29, 1.82) is 0 Å². The van der Waals surface area contributed by atoms with Gasteiger partial charge in [0.2, 0.25) is 0 Å². The molecule has 1 heteroatoms. The maximum atomic E-state index is 10.7. The number of fused-ring (bicyclic) bond motifs is 5. The van der Waals surface area contributed by atoms with E-state index in [1.807, 2.05) is 0 Å². The SMILES string of the molecule is CC(=CCCC(C)C)[C@H]1CC[C@H]2[C@@H]3C=C[C@H]4C(C)(C)[C@@H](O)CC[C@]4(C)[C@H]3CC[C@]12C. The Morgan fingerprint density at radius 3 is 2.33 bits per heavy atom. The summed E-state index contributed by atoms with van der Waals surface area (Å²) in [6.45, 7) is 17.0. The van der Waals surface area contributed by atoms with Crippen molar-refractivity contribution in [2.24, 2.45) is 51.8 Å². The van der Waals surface area contributed by atoms with Crippen molar-refractivity contribution in [2.45, 2.75) is 106 Å². The van der Waals surface area contributed by atoms with Crippen molar-refractivity contribution < 1.29 is 5.11 Å². The lowest BCUT2D eigenvalue weighted by Crippen LogP contribution is -2.57. The van der Waals surface area contributed by atoms with Crippen LogP contribution >= 0.6 is 0 Å². The van der Waals surface area contributed by atoms with E-state index in [1.165, 1.54) is 44.9 Å². The Morgan fingerprint density at radius 1 is 0.967 bits per heavy atom. The molecule has 0 unspecified atom stereocenters. The molecule has 4 aliphatic rings. The number of rotatable bonds is 4. The fourth-order valence-electron chi connectivity index (χ4n) is 8.92. The minimum Gasteiger partial charge on any atom is -0.393 e. The van der Waals surface area contributed by atoms with E-state index >= 15 is 0 Å². The highest BCUT2D eigenvalue weighted by atomic mass is 16.3. The topological polar surface area (TPSA) is 20.2 Å². The fraction of sp³-hybridized carbons (Fsp3) is 0.862. The first-order chi connectivity index (χ1) is 14.0. The quantitative estimate of drug-likeness (QED) is 0.467. The first-order valence-electron chi connectivity index (χ1n) is 13.0. The van der Waals surface area contributed by atoms with Gasteiger partial charge >= 0.3 is 0 Å².